The summed E-state index contributed by atoms with van der Waals surface area (Å²) in [5.41, 5.74) is 1.84. The highest BCUT2D eigenvalue weighted by Crippen LogP contribution is 2.41. The highest BCUT2D eigenvalue weighted by Gasteiger charge is 2.33. The zero-order chi connectivity index (χ0) is 23.0. The molecule has 0 radical (unpaired) electrons. The maximum absolute atomic E-state index is 13.2. The van der Waals surface area contributed by atoms with Crippen LogP contribution in [0.2, 0.25) is 0 Å². The van der Waals surface area contributed by atoms with Crippen molar-refractivity contribution < 1.29 is 23.8 Å². The molecule has 1 fully saturated rings. The fourth-order valence-corrected chi connectivity index (χ4v) is 4.97. The SMILES string of the molecule is CC1(C)Cc2cccc(OCC(=O)Nc3ccc4c(c3)C(=O)N3CCCCC3CCO4)c2O1. The molecule has 3 aliphatic heterocycles. The summed E-state index contributed by atoms with van der Waals surface area (Å²) in [4.78, 5) is 27.8. The summed E-state index contributed by atoms with van der Waals surface area (Å²) in [5, 5.41) is 2.84. The molecule has 7 heteroatoms. The molecule has 2 aromatic carbocycles. The fourth-order valence-electron chi connectivity index (χ4n) is 4.97. The molecule has 2 amide bonds. The summed E-state index contributed by atoms with van der Waals surface area (Å²) in [5.74, 6) is 1.50. The molecule has 0 aromatic heterocycles. The summed E-state index contributed by atoms with van der Waals surface area (Å²) >= 11 is 0. The number of para-hydroxylation sites is 1. The zero-order valence-electron chi connectivity index (χ0n) is 19.2. The first kappa shape index (κ1) is 21.6. The van der Waals surface area contributed by atoms with Crippen LogP contribution in [0.5, 0.6) is 17.2 Å². The Hall–Kier alpha value is -3.22. The van der Waals surface area contributed by atoms with E-state index in [-0.39, 0.29) is 30.1 Å². The Kier molecular flexibility index (Phi) is 5.64. The molecule has 0 spiro atoms. The van der Waals surface area contributed by atoms with Crippen molar-refractivity contribution >= 4 is 17.5 Å². The third-order valence-corrected chi connectivity index (χ3v) is 6.50. The van der Waals surface area contributed by atoms with Crippen molar-refractivity contribution in [3.8, 4) is 17.2 Å². The predicted octanol–water partition coefficient (Wildman–Crippen LogP) is 4.19. The lowest BCUT2D eigenvalue weighted by Crippen LogP contribution is -2.45. The van der Waals surface area contributed by atoms with Crippen LogP contribution in [0.3, 0.4) is 0 Å². The van der Waals surface area contributed by atoms with Gasteiger partial charge in [-0.3, -0.25) is 9.59 Å². The Balaban J connectivity index is 1.27. The van der Waals surface area contributed by atoms with E-state index in [0.29, 0.717) is 35.1 Å². The highest BCUT2D eigenvalue weighted by atomic mass is 16.5. The van der Waals surface area contributed by atoms with Gasteiger partial charge in [0.2, 0.25) is 0 Å². The number of amides is 2. The van der Waals surface area contributed by atoms with Gasteiger partial charge in [0, 0.05) is 36.7 Å². The average Bonchev–Trinajstić information content (AvgIpc) is 3.11. The van der Waals surface area contributed by atoms with Crippen LogP contribution in [0.15, 0.2) is 36.4 Å². The first-order valence-electron chi connectivity index (χ1n) is 11.7. The number of carbonyl (C=O) groups is 2. The number of fused-ring (bicyclic) bond motifs is 3. The Bertz CT molecular complexity index is 1080. The van der Waals surface area contributed by atoms with Gasteiger partial charge in [0.15, 0.2) is 18.1 Å². The molecule has 1 N–H and O–H groups in total. The number of ether oxygens (including phenoxy) is 3. The van der Waals surface area contributed by atoms with Crippen LogP contribution in [0.4, 0.5) is 5.69 Å². The fraction of sp³-hybridized carbons (Fsp3) is 0.462. The van der Waals surface area contributed by atoms with E-state index in [2.05, 4.69) is 5.32 Å². The number of benzene rings is 2. The lowest BCUT2D eigenvalue weighted by atomic mass is 9.97. The molecule has 174 valence electrons. The molecule has 1 saturated heterocycles. The largest absolute Gasteiger partial charge is 0.493 e. The molecule has 5 rings (SSSR count). The van der Waals surface area contributed by atoms with Crippen LogP contribution in [-0.2, 0) is 11.2 Å². The smallest absolute Gasteiger partial charge is 0.262 e. The Morgan fingerprint density at radius 2 is 2.09 bits per heavy atom. The molecule has 0 aliphatic carbocycles. The second-order valence-corrected chi connectivity index (χ2v) is 9.62. The molecule has 7 nitrogen and oxygen atoms in total. The van der Waals surface area contributed by atoms with Crippen LogP contribution in [-0.4, -0.2) is 48.1 Å². The number of anilines is 1. The molecular weight excluding hydrogens is 420 g/mol. The van der Waals surface area contributed by atoms with Gasteiger partial charge in [-0.25, -0.2) is 0 Å². The van der Waals surface area contributed by atoms with Crippen LogP contribution < -0.4 is 19.5 Å². The standard InChI is InChI=1S/C26H30N2O5/c1-26(2)15-17-6-5-8-22(24(17)33-26)32-16-23(29)27-18-9-10-21-20(14-18)25(30)28-12-4-3-7-19(28)11-13-31-21/h5-6,8-10,14,19H,3-4,7,11-13,15-16H2,1-2H3,(H,27,29). The third-order valence-electron chi connectivity index (χ3n) is 6.50. The number of hydrogen-bond donors (Lipinski definition) is 1. The van der Waals surface area contributed by atoms with Crippen LogP contribution in [0, 0.1) is 0 Å². The summed E-state index contributed by atoms with van der Waals surface area (Å²) in [7, 11) is 0. The van der Waals surface area contributed by atoms with Gasteiger partial charge >= 0.3 is 0 Å². The Morgan fingerprint density at radius 1 is 1.21 bits per heavy atom. The molecule has 2 aromatic rings. The molecule has 3 heterocycles. The number of hydrogen-bond acceptors (Lipinski definition) is 5. The lowest BCUT2D eigenvalue weighted by Gasteiger charge is -2.37. The number of piperidine rings is 1. The van der Waals surface area contributed by atoms with Crippen molar-refractivity contribution in [2.75, 3.05) is 25.1 Å². The first-order valence-corrected chi connectivity index (χ1v) is 11.7. The van der Waals surface area contributed by atoms with Crippen LogP contribution in [0.25, 0.3) is 0 Å². The van der Waals surface area contributed by atoms with Gasteiger partial charge < -0.3 is 24.4 Å². The third kappa shape index (κ3) is 4.49. The number of nitrogens with one attached hydrogen (secondary N) is 1. The van der Waals surface area contributed by atoms with E-state index in [9.17, 15) is 9.59 Å². The van der Waals surface area contributed by atoms with Crippen molar-refractivity contribution in [2.45, 2.75) is 57.6 Å². The second kappa shape index (κ2) is 8.61. The summed E-state index contributed by atoms with van der Waals surface area (Å²) in [6.45, 7) is 5.26. The van der Waals surface area contributed by atoms with Gasteiger partial charge in [0.1, 0.15) is 11.4 Å². The molecule has 1 atom stereocenters. The van der Waals surface area contributed by atoms with Crippen molar-refractivity contribution in [2.24, 2.45) is 0 Å². The molecular formula is C26H30N2O5. The van der Waals surface area contributed by atoms with Gasteiger partial charge in [-0.2, -0.15) is 0 Å². The van der Waals surface area contributed by atoms with E-state index in [4.69, 9.17) is 14.2 Å². The maximum atomic E-state index is 13.2. The van der Waals surface area contributed by atoms with Crippen molar-refractivity contribution in [1.82, 2.24) is 4.90 Å². The van der Waals surface area contributed by atoms with Gasteiger partial charge in [-0.05, 0) is 57.4 Å². The average molecular weight is 451 g/mol. The van der Waals surface area contributed by atoms with E-state index in [0.717, 1.165) is 44.2 Å². The summed E-state index contributed by atoms with van der Waals surface area (Å²) < 4.78 is 17.7. The van der Waals surface area contributed by atoms with E-state index >= 15 is 0 Å². The van der Waals surface area contributed by atoms with E-state index in [1.807, 2.05) is 36.9 Å². The topological polar surface area (TPSA) is 77.1 Å². The maximum Gasteiger partial charge on any atom is 0.262 e. The van der Waals surface area contributed by atoms with Crippen LogP contribution >= 0.6 is 0 Å². The molecule has 33 heavy (non-hydrogen) atoms. The van der Waals surface area contributed by atoms with Gasteiger partial charge in [-0.1, -0.05) is 12.1 Å². The number of nitrogens with zero attached hydrogens (tertiary/aromatic N) is 1. The normalized spacial score (nSPS) is 20.8. The number of carbonyl (C=O) groups excluding carboxylic acids is 2. The van der Waals surface area contributed by atoms with E-state index in [1.165, 1.54) is 0 Å². The Labute approximate surface area is 194 Å². The number of rotatable bonds is 4. The molecule has 3 aliphatic rings. The minimum Gasteiger partial charge on any atom is -0.493 e. The molecule has 0 bridgehead atoms. The second-order valence-electron chi connectivity index (χ2n) is 9.62. The minimum absolute atomic E-state index is 0.0265. The molecule has 1 unspecified atom stereocenters. The quantitative estimate of drug-likeness (QED) is 0.756. The monoisotopic (exact) mass is 450 g/mol. The first-order chi connectivity index (χ1) is 15.9. The Morgan fingerprint density at radius 3 is 2.97 bits per heavy atom. The van der Waals surface area contributed by atoms with E-state index in [1.54, 1.807) is 18.2 Å². The van der Waals surface area contributed by atoms with Crippen molar-refractivity contribution in [3.05, 3.63) is 47.5 Å². The lowest BCUT2D eigenvalue weighted by molar-refractivity contribution is -0.118. The highest BCUT2D eigenvalue weighted by molar-refractivity contribution is 6.00. The van der Waals surface area contributed by atoms with Crippen molar-refractivity contribution in [1.29, 1.82) is 0 Å². The summed E-state index contributed by atoms with van der Waals surface area (Å²) in [6.07, 6.45) is 4.84. The predicted molar refractivity (Wildman–Crippen MR) is 124 cm³/mol. The zero-order valence-corrected chi connectivity index (χ0v) is 19.2. The van der Waals surface area contributed by atoms with Gasteiger partial charge in [0.25, 0.3) is 11.8 Å². The molecule has 0 saturated carbocycles. The van der Waals surface area contributed by atoms with Crippen molar-refractivity contribution in [3.63, 3.8) is 0 Å². The van der Waals surface area contributed by atoms with Crippen LogP contribution in [0.1, 0.15) is 55.5 Å². The van der Waals surface area contributed by atoms with Gasteiger partial charge in [0.05, 0.1) is 12.2 Å². The summed E-state index contributed by atoms with van der Waals surface area (Å²) in [6, 6.07) is 11.2. The van der Waals surface area contributed by atoms with Gasteiger partial charge in [-0.15, -0.1) is 0 Å². The van der Waals surface area contributed by atoms with E-state index < -0.39 is 0 Å². The minimum atomic E-state index is -0.306.